The molecule has 0 N–H and O–H groups in total. The number of nitro groups is 1. The highest BCUT2D eigenvalue weighted by Crippen LogP contribution is 2.36. The van der Waals surface area contributed by atoms with Crippen molar-refractivity contribution < 1.29 is 14.4 Å². The molecule has 0 aliphatic carbocycles. The Hall–Kier alpha value is -2.57. The van der Waals surface area contributed by atoms with Gasteiger partial charge in [0.05, 0.1) is 25.2 Å². The van der Waals surface area contributed by atoms with Gasteiger partial charge in [0.25, 0.3) is 5.69 Å². The van der Waals surface area contributed by atoms with Crippen LogP contribution in [0.15, 0.2) is 30.6 Å². The molecule has 18 heavy (non-hydrogen) atoms. The number of aromatic nitrogens is 2. The molecule has 0 aliphatic rings. The molecule has 2 aromatic rings. The van der Waals surface area contributed by atoms with Gasteiger partial charge >= 0.3 is 0 Å². The monoisotopic (exact) mass is 249 g/mol. The van der Waals surface area contributed by atoms with E-state index in [-0.39, 0.29) is 5.69 Å². The van der Waals surface area contributed by atoms with Crippen LogP contribution in [0.4, 0.5) is 5.69 Å². The van der Waals surface area contributed by atoms with Gasteiger partial charge < -0.3 is 9.47 Å². The van der Waals surface area contributed by atoms with E-state index in [4.69, 9.17) is 9.47 Å². The molecule has 7 heteroatoms. The molecule has 0 saturated heterocycles. The van der Waals surface area contributed by atoms with Crippen LogP contribution < -0.4 is 9.47 Å². The Kier molecular flexibility index (Phi) is 3.13. The fourth-order valence-corrected chi connectivity index (χ4v) is 1.60. The smallest absolute Gasteiger partial charge is 0.298 e. The second-order valence-corrected chi connectivity index (χ2v) is 3.40. The van der Waals surface area contributed by atoms with Crippen LogP contribution in [-0.2, 0) is 0 Å². The predicted molar refractivity (Wildman–Crippen MR) is 63.3 cm³/mol. The maximum Gasteiger partial charge on any atom is 0.298 e. The Labute approximate surface area is 103 Å². The number of nitrogens with zero attached hydrogens (tertiary/aromatic N) is 3. The Morgan fingerprint density at radius 3 is 2.44 bits per heavy atom. The summed E-state index contributed by atoms with van der Waals surface area (Å²) in [5, 5.41) is 15.0. The van der Waals surface area contributed by atoms with E-state index in [2.05, 4.69) is 5.10 Å². The summed E-state index contributed by atoms with van der Waals surface area (Å²) in [5.41, 5.74) is 0.221. The standard InChI is InChI=1S/C11H11N3O4/c1-17-10-6-8(13-5-3-4-12-13)9(14(15)16)7-11(10)18-2/h3-7H,1-2H3. The number of benzene rings is 1. The summed E-state index contributed by atoms with van der Waals surface area (Å²) in [6, 6.07) is 4.51. The van der Waals surface area contributed by atoms with Crippen LogP contribution in [-0.4, -0.2) is 28.9 Å². The molecular weight excluding hydrogens is 238 g/mol. The average molecular weight is 249 g/mol. The first-order chi connectivity index (χ1) is 8.67. The molecule has 0 atom stereocenters. The molecule has 1 aromatic carbocycles. The normalized spacial score (nSPS) is 10.1. The van der Waals surface area contributed by atoms with Crippen molar-refractivity contribution in [3.8, 4) is 17.2 Å². The van der Waals surface area contributed by atoms with E-state index in [0.717, 1.165) is 0 Å². The molecule has 0 saturated carbocycles. The molecule has 7 nitrogen and oxygen atoms in total. The van der Waals surface area contributed by atoms with E-state index in [1.54, 1.807) is 18.5 Å². The maximum absolute atomic E-state index is 11.1. The maximum atomic E-state index is 11.1. The summed E-state index contributed by atoms with van der Waals surface area (Å²) in [4.78, 5) is 10.6. The molecule has 0 bridgehead atoms. The van der Waals surface area contributed by atoms with Crippen LogP contribution in [0.1, 0.15) is 0 Å². The number of nitro benzene ring substituents is 1. The van der Waals surface area contributed by atoms with E-state index < -0.39 is 4.92 Å². The largest absolute Gasteiger partial charge is 0.493 e. The molecule has 1 aromatic heterocycles. The van der Waals surface area contributed by atoms with Crippen molar-refractivity contribution in [3.05, 3.63) is 40.7 Å². The first kappa shape index (κ1) is 11.9. The quantitative estimate of drug-likeness (QED) is 0.609. The van der Waals surface area contributed by atoms with E-state index in [9.17, 15) is 10.1 Å². The average Bonchev–Trinajstić information content (AvgIpc) is 2.90. The molecule has 0 fully saturated rings. The first-order valence-corrected chi connectivity index (χ1v) is 5.07. The Morgan fingerprint density at radius 1 is 1.28 bits per heavy atom. The minimum atomic E-state index is -0.487. The molecule has 1 heterocycles. The Morgan fingerprint density at radius 2 is 1.94 bits per heavy atom. The third kappa shape index (κ3) is 1.97. The van der Waals surface area contributed by atoms with Gasteiger partial charge in [0.15, 0.2) is 11.5 Å². The van der Waals surface area contributed by atoms with Gasteiger partial charge in [0, 0.05) is 18.5 Å². The van der Waals surface area contributed by atoms with Gasteiger partial charge in [-0.3, -0.25) is 10.1 Å². The second-order valence-electron chi connectivity index (χ2n) is 3.40. The van der Waals surface area contributed by atoms with Crippen LogP contribution in [0.3, 0.4) is 0 Å². The number of methoxy groups -OCH3 is 2. The number of ether oxygens (including phenoxy) is 2. The van der Waals surface area contributed by atoms with Crippen molar-refractivity contribution in [2.45, 2.75) is 0 Å². The van der Waals surface area contributed by atoms with Crippen LogP contribution in [0.25, 0.3) is 5.69 Å². The van der Waals surface area contributed by atoms with E-state index in [0.29, 0.717) is 17.2 Å². The number of rotatable bonds is 4. The van der Waals surface area contributed by atoms with Crippen molar-refractivity contribution in [3.63, 3.8) is 0 Å². The Balaban J connectivity index is 2.66. The van der Waals surface area contributed by atoms with Gasteiger partial charge in [-0.2, -0.15) is 5.10 Å². The lowest BCUT2D eigenvalue weighted by atomic mass is 10.2. The van der Waals surface area contributed by atoms with E-state index in [1.807, 2.05) is 0 Å². The SMILES string of the molecule is COc1cc(-n2cccn2)c([N+](=O)[O-])cc1OC. The van der Waals surface area contributed by atoms with Crippen molar-refractivity contribution in [1.82, 2.24) is 9.78 Å². The van der Waals surface area contributed by atoms with Gasteiger partial charge in [-0.25, -0.2) is 4.68 Å². The van der Waals surface area contributed by atoms with Crippen molar-refractivity contribution in [1.29, 1.82) is 0 Å². The highest BCUT2D eigenvalue weighted by Gasteiger charge is 2.20. The van der Waals surface area contributed by atoms with Crippen LogP contribution in [0, 0.1) is 10.1 Å². The summed E-state index contributed by atoms with van der Waals surface area (Å²) >= 11 is 0. The lowest BCUT2D eigenvalue weighted by Crippen LogP contribution is -2.02. The molecule has 0 amide bonds. The summed E-state index contributed by atoms with van der Waals surface area (Å²) in [7, 11) is 2.89. The minimum absolute atomic E-state index is 0.101. The van der Waals surface area contributed by atoms with Crippen molar-refractivity contribution in [2.75, 3.05) is 14.2 Å². The Bertz CT molecular complexity index is 566. The fourth-order valence-electron chi connectivity index (χ4n) is 1.60. The topological polar surface area (TPSA) is 79.4 Å². The highest BCUT2D eigenvalue weighted by molar-refractivity contribution is 5.61. The molecule has 2 rings (SSSR count). The van der Waals surface area contributed by atoms with Gasteiger partial charge in [0.1, 0.15) is 5.69 Å². The summed E-state index contributed by atoms with van der Waals surface area (Å²) < 4.78 is 11.6. The van der Waals surface area contributed by atoms with Crippen molar-refractivity contribution >= 4 is 5.69 Å². The van der Waals surface area contributed by atoms with E-state index >= 15 is 0 Å². The number of hydrogen-bond donors (Lipinski definition) is 0. The molecule has 0 radical (unpaired) electrons. The van der Waals surface area contributed by atoms with Crippen LogP contribution in [0.5, 0.6) is 11.5 Å². The van der Waals surface area contributed by atoms with Gasteiger partial charge in [-0.15, -0.1) is 0 Å². The fraction of sp³-hybridized carbons (Fsp3) is 0.182. The molecule has 0 unspecified atom stereocenters. The molecular formula is C11H11N3O4. The molecule has 94 valence electrons. The summed E-state index contributed by atoms with van der Waals surface area (Å²) in [5.74, 6) is 0.716. The highest BCUT2D eigenvalue weighted by atomic mass is 16.6. The van der Waals surface area contributed by atoms with Crippen LogP contribution >= 0.6 is 0 Å². The lowest BCUT2D eigenvalue weighted by Gasteiger charge is -2.10. The molecule has 0 aliphatic heterocycles. The third-order valence-corrected chi connectivity index (χ3v) is 2.43. The van der Waals surface area contributed by atoms with Gasteiger partial charge in [0.2, 0.25) is 0 Å². The predicted octanol–water partition coefficient (Wildman–Crippen LogP) is 1.80. The first-order valence-electron chi connectivity index (χ1n) is 5.07. The zero-order chi connectivity index (χ0) is 13.1. The van der Waals surface area contributed by atoms with Crippen molar-refractivity contribution in [2.24, 2.45) is 0 Å². The second kappa shape index (κ2) is 4.74. The third-order valence-electron chi connectivity index (χ3n) is 2.43. The molecule has 0 spiro atoms. The van der Waals surface area contributed by atoms with E-state index in [1.165, 1.54) is 31.0 Å². The van der Waals surface area contributed by atoms with Gasteiger partial charge in [-0.05, 0) is 6.07 Å². The van der Waals surface area contributed by atoms with Crippen LogP contribution in [0.2, 0.25) is 0 Å². The summed E-state index contributed by atoms with van der Waals surface area (Å²) in [6.45, 7) is 0. The lowest BCUT2D eigenvalue weighted by molar-refractivity contribution is -0.384. The van der Waals surface area contributed by atoms with Gasteiger partial charge in [-0.1, -0.05) is 0 Å². The minimum Gasteiger partial charge on any atom is -0.493 e. The summed E-state index contributed by atoms with van der Waals surface area (Å²) in [6.07, 6.45) is 3.16. The zero-order valence-electron chi connectivity index (χ0n) is 9.86. The number of hydrogen-bond acceptors (Lipinski definition) is 5. The zero-order valence-corrected chi connectivity index (χ0v) is 9.86.